The molecule has 0 bridgehead atoms. The largest absolute Gasteiger partial charge is 0.301 e. The highest BCUT2D eigenvalue weighted by atomic mass is 33.1. The third kappa shape index (κ3) is 2.88. The summed E-state index contributed by atoms with van der Waals surface area (Å²) in [6.07, 6.45) is 1.37. The Balaban J connectivity index is 2.23. The molecule has 3 heteroatoms. The molecule has 11 heavy (non-hydrogen) atoms. The topological polar surface area (TPSA) is 3.24 Å². The Bertz CT molecular complexity index is 117. The van der Waals surface area contributed by atoms with E-state index < -0.39 is 0 Å². The van der Waals surface area contributed by atoms with Crippen molar-refractivity contribution in [2.45, 2.75) is 26.3 Å². The van der Waals surface area contributed by atoms with Gasteiger partial charge in [0, 0.05) is 18.3 Å². The minimum absolute atomic E-state index is 0.727. The molecule has 0 aromatic carbocycles. The van der Waals surface area contributed by atoms with Gasteiger partial charge in [0.1, 0.15) is 0 Å². The molecule has 66 valence electrons. The van der Waals surface area contributed by atoms with Gasteiger partial charge in [-0.3, -0.25) is 0 Å². The highest BCUT2D eigenvalue weighted by molar-refractivity contribution is 8.68. The van der Waals surface area contributed by atoms with E-state index in [1.807, 2.05) is 0 Å². The van der Waals surface area contributed by atoms with Crippen LogP contribution >= 0.6 is 22.5 Å². The highest BCUT2D eigenvalue weighted by Crippen LogP contribution is 2.23. The molecular weight excluding hydrogens is 174 g/mol. The Morgan fingerprint density at radius 2 is 2.36 bits per heavy atom. The SMILES string of the molecule is CC(C)N1CCC(CSS)C1. The number of nitrogens with zero attached hydrogens (tertiary/aromatic N) is 1. The van der Waals surface area contributed by atoms with Gasteiger partial charge in [-0.25, -0.2) is 0 Å². The Kier molecular flexibility index (Phi) is 4.10. The maximum Gasteiger partial charge on any atom is 0.00755 e. The Labute approximate surface area is 78.7 Å². The van der Waals surface area contributed by atoms with Crippen molar-refractivity contribution in [3.63, 3.8) is 0 Å². The fourth-order valence-corrected chi connectivity index (χ4v) is 2.69. The standard InChI is InChI=1S/C8H17NS2/c1-7(2)9-4-3-8(5-9)6-11-10/h7-8,10H,3-6H2,1-2H3. The molecule has 0 spiro atoms. The van der Waals surface area contributed by atoms with Gasteiger partial charge in [0.25, 0.3) is 0 Å². The van der Waals surface area contributed by atoms with E-state index in [-0.39, 0.29) is 0 Å². The summed E-state index contributed by atoms with van der Waals surface area (Å²) in [7, 11) is 1.68. The zero-order chi connectivity index (χ0) is 8.27. The van der Waals surface area contributed by atoms with Gasteiger partial charge >= 0.3 is 0 Å². The van der Waals surface area contributed by atoms with Crippen molar-refractivity contribution in [3.8, 4) is 0 Å². The van der Waals surface area contributed by atoms with Crippen LogP contribution in [0.5, 0.6) is 0 Å². The second-order valence-electron chi connectivity index (χ2n) is 3.54. The molecule has 0 aromatic rings. The zero-order valence-corrected chi connectivity index (χ0v) is 9.00. The van der Waals surface area contributed by atoms with Crippen LogP contribution in [-0.2, 0) is 0 Å². The van der Waals surface area contributed by atoms with Crippen LogP contribution < -0.4 is 0 Å². The van der Waals surface area contributed by atoms with Gasteiger partial charge in [0.05, 0.1) is 0 Å². The molecule has 0 saturated carbocycles. The molecule has 1 aliphatic heterocycles. The van der Waals surface area contributed by atoms with Gasteiger partial charge in [-0.1, -0.05) is 10.8 Å². The van der Waals surface area contributed by atoms with Crippen molar-refractivity contribution in [2.75, 3.05) is 18.8 Å². The van der Waals surface area contributed by atoms with E-state index in [0.29, 0.717) is 0 Å². The van der Waals surface area contributed by atoms with Crippen molar-refractivity contribution < 1.29 is 0 Å². The van der Waals surface area contributed by atoms with Crippen LogP contribution in [0.4, 0.5) is 0 Å². The van der Waals surface area contributed by atoms with Gasteiger partial charge < -0.3 is 4.90 Å². The molecule has 1 saturated heterocycles. The number of rotatable bonds is 3. The summed E-state index contributed by atoms with van der Waals surface area (Å²) in [5.41, 5.74) is 0. The molecule has 0 amide bonds. The summed E-state index contributed by atoms with van der Waals surface area (Å²) < 4.78 is 0. The summed E-state index contributed by atoms with van der Waals surface area (Å²) in [6.45, 7) is 7.12. The van der Waals surface area contributed by atoms with E-state index in [9.17, 15) is 0 Å². The average Bonchev–Trinajstić information content (AvgIpc) is 2.37. The molecule has 0 aliphatic carbocycles. The number of hydrogen-bond acceptors (Lipinski definition) is 3. The molecule has 1 rings (SSSR count). The highest BCUT2D eigenvalue weighted by Gasteiger charge is 2.23. The normalized spacial score (nSPS) is 26.7. The van der Waals surface area contributed by atoms with E-state index in [2.05, 4.69) is 30.4 Å². The summed E-state index contributed by atoms with van der Waals surface area (Å²) in [6, 6.07) is 0.727. The summed E-state index contributed by atoms with van der Waals surface area (Å²) in [5.74, 6) is 2.10. The summed E-state index contributed by atoms with van der Waals surface area (Å²) in [5, 5.41) is 0. The van der Waals surface area contributed by atoms with E-state index in [1.165, 1.54) is 25.3 Å². The lowest BCUT2D eigenvalue weighted by molar-refractivity contribution is 0.268. The number of likely N-dealkylation sites (tertiary alicyclic amines) is 1. The van der Waals surface area contributed by atoms with E-state index in [1.54, 1.807) is 10.8 Å². The fourth-order valence-electron chi connectivity index (χ4n) is 1.57. The van der Waals surface area contributed by atoms with Crippen LogP contribution in [0, 0.1) is 5.92 Å². The second-order valence-corrected chi connectivity index (χ2v) is 4.91. The molecule has 0 radical (unpaired) electrons. The minimum Gasteiger partial charge on any atom is -0.301 e. The third-order valence-corrected chi connectivity index (χ3v) is 3.43. The second kappa shape index (κ2) is 4.63. The first-order valence-corrected chi connectivity index (χ1v) is 6.28. The third-order valence-electron chi connectivity index (χ3n) is 2.36. The van der Waals surface area contributed by atoms with E-state index in [4.69, 9.17) is 0 Å². The lowest BCUT2D eigenvalue weighted by atomic mass is 10.2. The van der Waals surface area contributed by atoms with Gasteiger partial charge in [-0.2, -0.15) is 0 Å². The number of hydrogen-bond donors (Lipinski definition) is 1. The quantitative estimate of drug-likeness (QED) is 0.538. The molecule has 0 aromatic heterocycles. The van der Waals surface area contributed by atoms with Gasteiger partial charge in [-0.05, 0) is 32.7 Å². The average molecular weight is 191 g/mol. The van der Waals surface area contributed by atoms with Crippen LogP contribution in [0.3, 0.4) is 0 Å². The van der Waals surface area contributed by atoms with Crippen LogP contribution in [0.2, 0.25) is 0 Å². The maximum atomic E-state index is 4.18. The predicted octanol–water partition coefficient (Wildman–Crippen LogP) is 2.29. The predicted molar refractivity (Wildman–Crippen MR) is 56.3 cm³/mol. The molecule has 1 atom stereocenters. The lowest BCUT2D eigenvalue weighted by Gasteiger charge is -2.19. The number of thiol groups is 1. The fraction of sp³-hybridized carbons (Fsp3) is 1.00. The van der Waals surface area contributed by atoms with Crippen molar-refractivity contribution in [2.24, 2.45) is 5.92 Å². The molecule has 0 N–H and O–H groups in total. The van der Waals surface area contributed by atoms with Crippen molar-refractivity contribution in [1.29, 1.82) is 0 Å². The van der Waals surface area contributed by atoms with Gasteiger partial charge in [0.15, 0.2) is 0 Å². The van der Waals surface area contributed by atoms with E-state index >= 15 is 0 Å². The Hall–Kier alpha value is 0.660. The molecule has 1 aliphatic rings. The molecule has 1 fully saturated rings. The maximum absolute atomic E-state index is 4.18. The first kappa shape index (κ1) is 9.75. The zero-order valence-electron chi connectivity index (χ0n) is 7.29. The van der Waals surface area contributed by atoms with Gasteiger partial charge in [-0.15, -0.1) is 11.7 Å². The first-order chi connectivity index (χ1) is 5.24. The van der Waals surface area contributed by atoms with Crippen LogP contribution in [0.15, 0.2) is 0 Å². The van der Waals surface area contributed by atoms with Crippen LogP contribution in [-0.4, -0.2) is 29.8 Å². The van der Waals surface area contributed by atoms with Crippen molar-refractivity contribution in [3.05, 3.63) is 0 Å². The molecular formula is C8H17NS2. The first-order valence-electron chi connectivity index (χ1n) is 4.24. The van der Waals surface area contributed by atoms with Crippen molar-refractivity contribution >= 4 is 22.5 Å². The van der Waals surface area contributed by atoms with Crippen molar-refractivity contribution in [1.82, 2.24) is 4.90 Å². The minimum atomic E-state index is 0.727. The van der Waals surface area contributed by atoms with Crippen LogP contribution in [0.1, 0.15) is 20.3 Å². The smallest absolute Gasteiger partial charge is 0.00755 e. The lowest BCUT2D eigenvalue weighted by Crippen LogP contribution is -2.28. The molecule has 1 unspecified atom stereocenters. The van der Waals surface area contributed by atoms with E-state index in [0.717, 1.165) is 12.0 Å². The molecule has 1 nitrogen and oxygen atoms in total. The monoisotopic (exact) mass is 191 g/mol. The molecule has 1 heterocycles. The van der Waals surface area contributed by atoms with Crippen LogP contribution in [0.25, 0.3) is 0 Å². The Morgan fingerprint density at radius 3 is 2.82 bits per heavy atom. The van der Waals surface area contributed by atoms with Gasteiger partial charge in [0.2, 0.25) is 0 Å². The Morgan fingerprint density at radius 1 is 1.64 bits per heavy atom. The summed E-state index contributed by atoms with van der Waals surface area (Å²) in [4.78, 5) is 2.55. The summed E-state index contributed by atoms with van der Waals surface area (Å²) >= 11 is 4.18.